The van der Waals surface area contributed by atoms with Crippen LogP contribution in [0.25, 0.3) is 0 Å². The molecule has 1 aromatic carbocycles. The van der Waals surface area contributed by atoms with Gasteiger partial charge in [-0.2, -0.15) is 0 Å². The van der Waals surface area contributed by atoms with Gasteiger partial charge in [-0.15, -0.1) is 0 Å². The molecule has 1 aliphatic rings. The van der Waals surface area contributed by atoms with Gasteiger partial charge in [-0.25, -0.2) is 0 Å². The highest BCUT2D eigenvalue weighted by atomic mass is 15.2. The molecule has 2 N–H and O–H groups in total. The molecule has 1 fully saturated rings. The van der Waals surface area contributed by atoms with E-state index in [9.17, 15) is 0 Å². The van der Waals surface area contributed by atoms with E-state index in [4.69, 9.17) is 5.73 Å². The molecule has 2 nitrogen and oxygen atoms in total. The van der Waals surface area contributed by atoms with Crippen molar-refractivity contribution in [1.29, 1.82) is 0 Å². The molecule has 0 saturated heterocycles. The van der Waals surface area contributed by atoms with E-state index in [1.54, 1.807) is 0 Å². The summed E-state index contributed by atoms with van der Waals surface area (Å²) in [5, 5.41) is 0. The summed E-state index contributed by atoms with van der Waals surface area (Å²) in [5.74, 6) is 0. The van der Waals surface area contributed by atoms with Crippen LogP contribution in [0.2, 0.25) is 0 Å². The van der Waals surface area contributed by atoms with Crippen molar-refractivity contribution in [2.45, 2.75) is 83.7 Å². The van der Waals surface area contributed by atoms with E-state index in [1.807, 2.05) is 0 Å². The van der Waals surface area contributed by atoms with Crippen molar-refractivity contribution in [3.05, 3.63) is 29.8 Å². The molecule has 0 heterocycles. The Morgan fingerprint density at radius 2 is 1.64 bits per heavy atom. The molecule has 1 saturated carbocycles. The molecule has 0 aromatic heterocycles. The Labute approximate surface area is 137 Å². The maximum absolute atomic E-state index is 5.73. The van der Waals surface area contributed by atoms with E-state index in [0.717, 1.165) is 6.04 Å². The van der Waals surface area contributed by atoms with Crippen LogP contribution in [-0.2, 0) is 6.54 Å². The van der Waals surface area contributed by atoms with E-state index in [2.05, 4.69) is 36.1 Å². The fraction of sp³-hybridized carbons (Fsp3) is 0.700. The molecule has 0 amide bonds. The highest BCUT2D eigenvalue weighted by Crippen LogP contribution is 2.28. The zero-order valence-corrected chi connectivity index (χ0v) is 14.4. The van der Waals surface area contributed by atoms with Gasteiger partial charge in [-0.3, -0.25) is 0 Å². The molecule has 0 radical (unpaired) electrons. The van der Waals surface area contributed by atoms with E-state index in [0.29, 0.717) is 6.54 Å². The van der Waals surface area contributed by atoms with Gasteiger partial charge in [0, 0.05) is 24.8 Å². The summed E-state index contributed by atoms with van der Waals surface area (Å²) in [6.45, 7) is 4.14. The molecule has 124 valence electrons. The first kappa shape index (κ1) is 17.3. The predicted molar refractivity (Wildman–Crippen MR) is 97.3 cm³/mol. The van der Waals surface area contributed by atoms with Gasteiger partial charge in [0.1, 0.15) is 0 Å². The molecule has 1 aliphatic carbocycles. The van der Waals surface area contributed by atoms with Crippen molar-refractivity contribution in [3.63, 3.8) is 0 Å². The van der Waals surface area contributed by atoms with Crippen molar-refractivity contribution >= 4 is 5.69 Å². The second kappa shape index (κ2) is 9.89. The van der Waals surface area contributed by atoms with E-state index in [1.165, 1.54) is 82.0 Å². The van der Waals surface area contributed by atoms with Crippen molar-refractivity contribution in [2.24, 2.45) is 5.73 Å². The minimum Gasteiger partial charge on any atom is -0.369 e. The fourth-order valence-electron chi connectivity index (χ4n) is 3.62. The lowest BCUT2D eigenvalue weighted by molar-refractivity contribution is 0.410. The zero-order chi connectivity index (χ0) is 15.6. The van der Waals surface area contributed by atoms with Gasteiger partial charge in [0.15, 0.2) is 0 Å². The van der Waals surface area contributed by atoms with Gasteiger partial charge in [-0.05, 0) is 37.0 Å². The average molecular weight is 303 g/mol. The predicted octanol–water partition coefficient (Wildman–Crippen LogP) is 5.25. The number of rotatable bonds is 9. The Hall–Kier alpha value is -1.02. The molecule has 0 atom stereocenters. The Balaban J connectivity index is 1.96. The van der Waals surface area contributed by atoms with Crippen molar-refractivity contribution < 1.29 is 0 Å². The van der Waals surface area contributed by atoms with Crippen LogP contribution >= 0.6 is 0 Å². The average Bonchev–Trinajstić information content (AvgIpc) is 2.59. The third-order valence-electron chi connectivity index (χ3n) is 5.02. The minimum atomic E-state index is 0.640. The molecule has 0 aliphatic heterocycles. The van der Waals surface area contributed by atoms with Gasteiger partial charge >= 0.3 is 0 Å². The van der Waals surface area contributed by atoms with Crippen LogP contribution in [0.1, 0.15) is 76.7 Å². The molecular formula is C20H34N2. The first-order valence-electron chi connectivity index (χ1n) is 9.40. The van der Waals surface area contributed by atoms with Gasteiger partial charge in [-0.1, -0.05) is 64.0 Å². The molecule has 2 rings (SSSR count). The first-order chi connectivity index (χ1) is 10.8. The second-order valence-corrected chi connectivity index (χ2v) is 6.77. The van der Waals surface area contributed by atoms with Crippen LogP contribution in [0.15, 0.2) is 24.3 Å². The lowest BCUT2D eigenvalue weighted by Crippen LogP contribution is -2.37. The van der Waals surface area contributed by atoms with Gasteiger partial charge in [0.25, 0.3) is 0 Å². The molecule has 22 heavy (non-hydrogen) atoms. The largest absolute Gasteiger partial charge is 0.369 e. The minimum absolute atomic E-state index is 0.640. The summed E-state index contributed by atoms with van der Waals surface area (Å²) in [5.41, 5.74) is 8.37. The SMILES string of the molecule is CCCCCCCN(c1ccc(CN)cc1)C1CCCCC1. The lowest BCUT2D eigenvalue weighted by Gasteiger charge is -2.36. The molecule has 0 unspecified atom stereocenters. The van der Waals surface area contributed by atoms with Gasteiger partial charge in [0.2, 0.25) is 0 Å². The Bertz CT molecular complexity index is 393. The molecule has 0 bridgehead atoms. The van der Waals surface area contributed by atoms with Crippen LogP contribution in [0.4, 0.5) is 5.69 Å². The van der Waals surface area contributed by atoms with E-state index < -0.39 is 0 Å². The highest BCUT2D eigenvalue weighted by molar-refractivity contribution is 5.48. The summed E-state index contributed by atoms with van der Waals surface area (Å²) in [6, 6.07) is 9.71. The molecule has 2 heteroatoms. The highest BCUT2D eigenvalue weighted by Gasteiger charge is 2.21. The fourth-order valence-corrected chi connectivity index (χ4v) is 3.62. The summed E-state index contributed by atoms with van der Waals surface area (Å²) in [4.78, 5) is 2.69. The van der Waals surface area contributed by atoms with E-state index in [-0.39, 0.29) is 0 Å². The normalized spacial score (nSPS) is 15.9. The third-order valence-corrected chi connectivity index (χ3v) is 5.02. The number of nitrogens with two attached hydrogens (primary N) is 1. The van der Waals surface area contributed by atoms with Crippen LogP contribution in [0.5, 0.6) is 0 Å². The van der Waals surface area contributed by atoms with E-state index >= 15 is 0 Å². The second-order valence-electron chi connectivity index (χ2n) is 6.77. The summed E-state index contributed by atoms with van der Waals surface area (Å²) in [6.07, 6.45) is 13.8. The maximum atomic E-state index is 5.73. The molecular weight excluding hydrogens is 268 g/mol. The topological polar surface area (TPSA) is 29.3 Å². The van der Waals surface area contributed by atoms with Crippen LogP contribution in [0.3, 0.4) is 0 Å². The van der Waals surface area contributed by atoms with Gasteiger partial charge in [0.05, 0.1) is 0 Å². The van der Waals surface area contributed by atoms with Crippen LogP contribution in [-0.4, -0.2) is 12.6 Å². The van der Waals surface area contributed by atoms with Crippen LogP contribution < -0.4 is 10.6 Å². The zero-order valence-electron chi connectivity index (χ0n) is 14.4. The van der Waals surface area contributed by atoms with Crippen LogP contribution in [0, 0.1) is 0 Å². The Morgan fingerprint density at radius 1 is 0.955 bits per heavy atom. The maximum Gasteiger partial charge on any atom is 0.0368 e. The summed E-state index contributed by atoms with van der Waals surface area (Å²) < 4.78 is 0. The lowest BCUT2D eigenvalue weighted by atomic mass is 9.93. The van der Waals surface area contributed by atoms with Crippen molar-refractivity contribution in [3.8, 4) is 0 Å². The number of nitrogens with zero attached hydrogens (tertiary/aromatic N) is 1. The number of unbranched alkanes of at least 4 members (excludes halogenated alkanes) is 4. The number of anilines is 1. The Kier molecular flexibility index (Phi) is 7.79. The summed E-state index contributed by atoms with van der Waals surface area (Å²) >= 11 is 0. The van der Waals surface area contributed by atoms with Gasteiger partial charge < -0.3 is 10.6 Å². The molecule has 1 aromatic rings. The smallest absolute Gasteiger partial charge is 0.0368 e. The standard InChI is InChI=1S/C20H34N2/c1-2-3-4-5-9-16-22(19-10-7-6-8-11-19)20-14-12-18(17-21)13-15-20/h12-15,19H,2-11,16-17,21H2,1H3. The summed E-state index contributed by atoms with van der Waals surface area (Å²) in [7, 11) is 0. The Morgan fingerprint density at radius 3 is 2.27 bits per heavy atom. The number of hydrogen-bond acceptors (Lipinski definition) is 2. The third kappa shape index (κ3) is 5.31. The monoisotopic (exact) mass is 302 g/mol. The quantitative estimate of drug-likeness (QED) is 0.631. The van der Waals surface area contributed by atoms with Crippen molar-refractivity contribution in [2.75, 3.05) is 11.4 Å². The molecule has 0 spiro atoms. The number of benzene rings is 1. The number of hydrogen-bond donors (Lipinski definition) is 1. The van der Waals surface area contributed by atoms with Crippen molar-refractivity contribution in [1.82, 2.24) is 0 Å². The first-order valence-corrected chi connectivity index (χ1v) is 9.40.